The number of alkyl halides is 2. The number of nitrogens with one attached hydrogen (secondary N) is 1. The molecule has 0 aliphatic carbocycles. The van der Waals surface area contributed by atoms with E-state index in [-0.39, 0.29) is 5.75 Å². The van der Waals surface area contributed by atoms with Gasteiger partial charge >= 0.3 is 0 Å². The summed E-state index contributed by atoms with van der Waals surface area (Å²) >= 11 is 0. The fourth-order valence-electron chi connectivity index (χ4n) is 1.20. The van der Waals surface area contributed by atoms with Gasteiger partial charge in [-0.1, -0.05) is 12.1 Å². The molecule has 1 rings (SSSR count). The van der Waals surface area contributed by atoms with Crippen LogP contribution in [-0.2, 0) is 6.42 Å². The summed E-state index contributed by atoms with van der Waals surface area (Å²) in [6.45, 7) is 1.97. The number of hydrogen-bond donors (Lipinski definition) is 2. The van der Waals surface area contributed by atoms with Crippen molar-refractivity contribution in [3.05, 3.63) is 29.8 Å². The van der Waals surface area contributed by atoms with Gasteiger partial charge in [0.05, 0.1) is 6.04 Å². The van der Waals surface area contributed by atoms with Crippen LogP contribution < -0.4 is 5.32 Å². The molecule has 15 heavy (non-hydrogen) atoms. The molecule has 0 saturated heterocycles. The van der Waals surface area contributed by atoms with Crippen molar-refractivity contribution < 1.29 is 13.9 Å². The van der Waals surface area contributed by atoms with E-state index < -0.39 is 12.5 Å². The van der Waals surface area contributed by atoms with Crippen LogP contribution in [0.2, 0.25) is 0 Å². The van der Waals surface area contributed by atoms with Gasteiger partial charge in [-0.15, -0.1) is 0 Å². The van der Waals surface area contributed by atoms with Crippen molar-refractivity contribution in [2.24, 2.45) is 0 Å². The van der Waals surface area contributed by atoms with E-state index in [0.29, 0.717) is 13.0 Å². The Morgan fingerprint density at radius 1 is 1.27 bits per heavy atom. The molecule has 0 saturated carbocycles. The van der Waals surface area contributed by atoms with E-state index in [1.54, 1.807) is 24.3 Å². The highest BCUT2D eigenvalue weighted by Gasteiger charge is 2.12. The minimum absolute atomic E-state index is 0.215. The van der Waals surface area contributed by atoms with E-state index in [1.807, 2.05) is 0 Å². The molecule has 84 valence electrons. The first-order chi connectivity index (χ1) is 7.09. The van der Waals surface area contributed by atoms with Crippen molar-refractivity contribution in [1.82, 2.24) is 5.32 Å². The maximum Gasteiger partial charge on any atom is 0.253 e. The summed E-state index contributed by atoms with van der Waals surface area (Å²) in [5, 5.41) is 11.8. The average molecular weight is 215 g/mol. The molecule has 1 aromatic carbocycles. The van der Waals surface area contributed by atoms with Gasteiger partial charge < -0.3 is 10.4 Å². The number of halogens is 2. The van der Waals surface area contributed by atoms with Crippen molar-refractivity contribution in [3.8, 4) is 5.75 Å². The number of aromatic hydroxyl groups is 1. The van der Waals surface area contributed by atoms with Crippen LogP contribution in [0.3, 0.4) is 0 Å². The predicted molar refractivity (Wildman–Crippen MR) is 55.3 cm³/mol. The fourth-order valence-corrected chi connectivity index (χ4v) is 1.20. The van der Waals surface area contributed by atoms with Crippen molar-refractivity contribution >= 4 is 0 Å². The van der Waals surface area contributed by atoms with E-state index in [1.165, 1.54) is 6.92 Å². The van der Waals surface area contributed by atoms with Gasteiger partial charge in [-0.3, -0.25) is 0 Å². The molecule has 0 aliphatic rings. The smallest absolute Gasteiger partial charge is 0.253 e. The van der Waals surface area contributed by atoms with Gasteiger partial charge in [-0.2, -0.15) is 0 Å². The van der Waals surface area contributed by atoms with Crippen LogP contribution in [0.25, 0.3) is 0 Å². The molecule has 0 heterocycles. The summed E-state index contributed by atoms with van der Waals surface area (Å²) in [6, 6.07) is 5.97. The molecule has 4 heteroatoms. The maximum absolute atomic E-state index is 12.1. The van der Waals surface area contributed by atoms with Crippen LogP contribution >= 0.6 is 0 Å². The van der Waals surface area contributed by atoms with Crippen molar-refractivity contribution in [3.63, 3.8) is 0 Å². The molecule has 1 unspecified atom stereocenters. The highest BCUT2D eigenvalue weighted by atomic mass is 19.3. The van der Waals surface area contributed by atoms with Gasteiger partial charge in [0.1, 0.15) is 5.75 Å². The molecule has 0 amide bonds. The van der Waals surface area contributed by atoms with Gasteiger partial charge in [-0.25, -0.2) is 8.78 Å². The van der Waals surface area contributed by atoms with Crippen LogP contribution in [0.4, 0.5) is 8.78 Å². The second-order valence-electron chi connectivity index (χ2n) is 3.49. The summed E-state index contributed by atoms with van der Waals surface area (Å²) in [6.07, 6.45) is -1.65. The summed E-state index contributed by atoms with van der Waals surface area (Å²) < 4.78 is 24.2. The molecule has 1 aromatic rings. The first kappa shape index (κ1) is 11.9. The summed E-state index contributed by atoms with van der Waals surface area (Å²) in [5.41, 5.74) is 1.02. The SMILES string of the molecule is CC(NCCc1ccc(O)cc1)C(F)F. The van der Waals surface area contributed by atoms with Gasteiger partial charge in [0.15, 0.2) is 0 Å². The van der Waals surface area contributed by atoms with Crippen LogP contribution in [0.15, 0.2) is 24.3 Å². The Labute approximate surface area is 87.9 Å². The maximum atomic E-state index is 12.1. The van der Waals surface area contributed by atoms with E-state index in [9.17, 15) is 8.78 Å². The molecule has 0 bridgehead atoms. The molecular weight excluding hydrogens is 200 g/mol. The van der Waals surface area contributed by atoms with Crippen LogP contribution in [0.1, 0.15) is 12.5 Å². The lowest BCUT2D eigenvalue weighted by molar-refractivity contribution is 0.106. The Morgan fingerprint density at radius 2 is 1.87 bits per heavy atom. The Bertz CT molecular complexity index is 287. The minimum Gasteiger partial charge on any atom is -0.508 e. The van der Waals surface area contributed by atoms with Gasteiger partial charge in [0, 0.05) is 0 Å². The predicted octanol–water partition coefficient (Wildman–Crippen LogP) is 2.18. The normalized spacial score (nSPS) is 13.1. The zero-order chi connectivity index (χ0) is 11.3. The van der Waals surface area contributed by atoms with Crippen molar-refractivity contribution in [2.75, 3.05) is 6.54 Å². The molecule has 2 N–H and O–H groups in total. The lowest BCUT2D eigenvalue weighted by Gasteiger charge is -2.12. The van der Waals surface area contributed by atoms with Gasteiger partial charge in [0.25, 0.3) is 6.43 Å². The second kappa shape index (κ2) is 5.66. The molecule has 0 fully saturated rings. The zero-order valence-corrected chi connectivity index (χ0v) is 8.58. The molecule has 1 atom stereocenters. The number of hydrogen-bond acceptors (Lipinski definition) is 2. The standard InChI is InChI=1S/C11H15F2NO/c1-8(11(12)13)14-7-6-9-2-4-10(15)5-3-9/h2-5,8,11,14-15H,6-7H2,1H3. The molecule has 2 nitrogen and oxygen atoms in total. The monoisotopic (exact) mass is 215 g/mol. The third kappa shape index (κ3) is 4.25. The minimum atomic E-state index is -2.33. The van der Waals surface area contributed by atoms with Gasteiger partial charge in [-0.05, 0) is 37.6 Å². The van der Waals surface area contributed by atoms with Crippen LogP contribution in [0, 0.1) is 0 Å². The number of rotatable bonds is 5. The summed E-state index contributed by atoms with van der Waals surface area (Å²) in [4.78, 5) is 0. The van der Waals surface area contributed by atoms with E-state index in [0.717, 1.165) is 5.56 Å². The third-order valence-corrected chi connectivity index (χ3v) is 2.19. The lowest BCUT2D eigenvalue weighted by Crippen LogP contribution is -2.33. The Balaban J connectivity index is 2.29. The zero-order valence-electron chi connectivity index (χ0n) is 8.58. The largest absolute Gasteiger partial charge is 0.508 e. The number of benzene rings is 1. The molecule has 0 aromatic heterocycles. The first-order valence-corrected chi connectivity index (χ1v) is 4.89. The highest BCUT2D eigenvalue weighted by molar-refractivity contribution is 5.25. The summed E-state index contributed by atoms with van der Waals surface area (Å²) in [5.74, 6) is 0.215. The quantitative estimate of drug-likeness (QED) is 0.789. The number of phenolic OH excluding ortho intramolecular Hbond substituents is 1. The van der Waals surface area contributed by atoms with Gasteiger partial charge in [0.2, 0.25) is 0 Å². The topological polar surface area (TPSA) is 32.3 Å². The summed E-state index contributed by atoms with van der Waals surface area (Å²) in [7, 11) is 0. The van der Waals surface area contributed by atoms with E-state index in [4.69, 9.17) is 5.11 Å². The molecule has 0 radical (unpaired) electrons. The first-order valence-electron chi connectivity index (χ1n) is 4.89. The second-order valence-corrected chi connectivity index (χ2v) is 3.49. The lowest BCUT2D eigenvalue weighted by atomic mass is 10.1. The van der Waals surface area contributed by atoms with Crippen LogP contribution in [-0.4, -0.2) is 24.1 Å². The molecular formula is C11H15F2NO. The fraction of sp³-hybridized carbons (Fsp3) is 0.455. The molecule has 0 aliphatic heterocycles. The Morgan fingerprint density at radius 3 is 2.40 bits per heavy atom. The Kier molecular flexibility index (Phi) is 4.49. The molecule has 0 spiro atoms. The highest BCUT2D eigenvalue weighted by Crippen LogP contribution is 2.09. The number of phenols is 1. The third-order valence-electron chi connectivity index (χ3n) is 2.19. The van der Waals surface area contributed by atoms with E-state index >= 15 is 0 Å². The van der Waals surface area contributed by atoms with E-state index in [2.05, 4.69) is 5.32 Å². The van der Waals surface area contributed by atoms with Crippen molar-refractivity contribution in [1.29, 1.82) is 0 Å². The van der Waals surface area contributed by atoms with Crippen molar-refractivity contribution in [2.45, 2.75) is 25.8 Å². The van der Waals surface area contributed by atoms with Crippen LogP contribution in [0.5, 0.6) is 5.75 Å². The average Bonchev–Trinajstić information content (AvgIpc) is 2.20. The Hall–Kier alpha value is -1.16.